The van der Waals surface area contributed by atoms with Gasteiger partial charge in [-0.3, -0.25) is 4.79 Å². The first-order chi connectivity index (χ1) is 5.00. The quantitative estimate of drug-likeness (QED) is 0.570. The maximum atomic E-state index is 11.6. The highest BCUT2D eigenvalue weighted by Crippen LogP contribution is 2.48. The van der Waals surface area contributed by atoms with Crippen LogP contribution in [0.3, 0.4) is 0 Å². The summed E-state index contributed by atoms with van der Waals surface area (Å²) in [6.07, 6.45) is 3.19. The average molecular weight is 174 g/mol. The van der Waals surface area contributed by atoms with Gasteiger partial charge in [0.1, 0.15) is 5.78 Å². The van der Waals surface area contributed by atoms with Crippen LogP contribution in [0.25, 0.3) is 0 Å². The van der Waals surface area contributed by atoms with Crippen molar-refractivity contribution < 1.29 is 9.36 Å². The monoisotopic (exact) mass is 174 g/mol. The van der Waals surface area contributed by atoms with Crippen LogP contribution < -0.4 is 0 Å². The second kappa shape index (κ2) is 3.10. The molecule has 11 heavy (non-hydrogen) atoms. The molecule has 0 radical (unpaired) electrons. The van der Waals surface area contributed by atoms with Gasteiger partial charge in [-0.2, -0.15) is 0 Å². The largest absolute Gasteiger partial charge is 0.324 e. The third-order valence-corrected chi connectivity index (χ3v) is 4.54. The normalized spacial score (nSPS) is 27.1. The Labute approximate surface area is 67.7 Å². The number of ketones is 1. The van der Waals surface area contributed by atoms with Crippen molar-refractivity contribution in [1.82, 2.24) is 0 Å². The van der Waals surface area contributed by atoms with Gasteiger partial charge < -0.3 is 4.57 Å². The zero-order valence-corrected chi connectivity index (χ0v) is 8.06. The minimum absolute atomic E-state index is 0.184. The molecule has 1 fully saturated rings. The third-order valence-electron chi connectivity index (χ3n) is 2.34. The van der Waals surface area contributed by atoms with E-state index in [0.29, 0.717) is 18.6 Å². The van der Waals surface area contributed by atoms with E-state index in [0.717, 1.165) is 12.8 Å². The lowest BCUT2D eigenvalue weighted by molar-refractivity contribution is -0.120. The van der Waals surface area contributed by atoms with Gasteiger partial charge in [-0.25, -0.2) is 0 Å². The highest BCUT2D eigenvalue weighted by Gasteiger charge is 2.28. The minimum atomic E-state index is -2.00. The molecule has 1 unspecified atom stereocenters. The number of carbonyl (C=O) groups is 1. The lowest BCUT2D eigenvalue weighted by Crippen LogP contribution is -2.19. The minimum Gasteiger partial charge on any atom is -0.324 e. The van der Waals surface area contributed by atoms with Crippen LogP contribution in [0.2, 0.25) is 0 Å². The predicted octanol–water partition coefficient (Wildman–Crippen LogP) is 2.12. The molecule has 0 N–H and O–H groups in total. The fourth-order valence-electron chi connectivity index (χ4n) is 1.53. The molecule has 1 aliphatic rings. The summed E-state index contributed by atoms with van der Waals surface area (Å²) in [5, 5.41) is 0. The summed E-state index contributed by atoms with van der Waals surface area (Å²) in [6, 6.07) is 0. The van der Waals surface area contributed by atoms with Crippen molar-refractivity contribution in [2.75, 3.05) is 13.3 Å². The van der Waals surface area contributed by atoms with Crippen LogP contribution in [0, 0.1) is 0 Å². The lowest BCUT2D eigenvalue weighted by Gasteiger charge is -2.24. The van der Waals surface area contributed by atoms with E-state index in [4.69, 9.17) is 0 Å². The molecule has 1 saturated carbocycles. The number of Topliss-reactive ketones (excluding diaryl/α,β-unsaturated/α-hetero) is 1. The molecule has 2 nitrogen and oxygen atoms in total. The van der Waals surface area contributed by atoms with Crippen molar-refractivity contribution in [3.05, 3.63) is 0 Å². The third kappa shape index (κ3) is 2.44. The van der Waals surface area contributed by atoms with Crippen molar-refractivity contribution in [3.63, 3.8) is 0 Å². The molecule has 0 aromatic carbocycles. The van der Waals surface area contributed by atoms with E-state index in [9.17, 15) is 9.36 Å². The summed E-state index contributed by atoms with van der Waals surface area (Å²) in [6.45, 7) is 3.58. The van der Waals surface area contributed by atoms with E-state index in [1.54, 1.807) is 13.3 Å². The van der Waals surface area contributed by atoms with Crippen LogP contribution in [0.4, 0.5) is 0 Å². The maximum absolute atomic E-state index is 11.6. The maximum Gasteiger partial charge on any atom is 0.133 e. The highest BCUT2D eigenvalue weighted by molar-refractivity contribution is 7.63. The van der Waals surface area contributed by atoms with Gasteiger partial charge in [0, 0.05) is 18.5 Å². The van der Waals surface area contributed by atoms with Crippen LogP contribution in [0.15, 0.2) is 0 Å². The standard InChI is InChI=1S/C8H15O2P/c1-11(2,10)8-5-3-4-7(9)6-8/h8H,3-6H2,1-2H3. The molecule has 0 amide bonds. The summed E-state index contributed by atoms with van der Waals surface area (Å²) in [5.74, 6) is 0.296. The van der Waals surface area contributed by atoms with Gasteiger partial charge >= 0.3 is 0 Å². The summed E-state index contributed by atoms with van der Waals surface area (Å²) < 4.78 is 11.6. The summed E-state index contributed by atoms with van der Waals surface area (Å²) >= 11 is 0. The summed E-state index contributed by atoms with van der Waals surface area (Å²) in [4.78, 5) is 11.0. The molecule has 1 aliphatic carbocycles. The van der Waals surface area contributed by atoms with Gasteiger partial charge in [-0.05, 0) is 26.2 Å². The van der Waals surface area contributed by atoms with Crippen molar-refractivity contribution in [2.45, 2.75) is 31.3 Å². The Morgan fingerprint density at radius 1 is 1.45 bits per heavy atom. The first-order valence-corrected chi connectivity index (χ1v) is 6.73. The van der Waals surface area contributed by atoms with E-state index in [2.05, 4.69) is 0 Å². The van der Waals surface area contributed by atoms with Crippen LogP contribution in [-0.4, -0.2) is 24.8 Å². The second-order valence-electron chi connectivity index (χ2n) is 3.72. The molecule has 0 aromatic heterocycles. The van der Waals surface area contributed by atoms with Crippen molar-refractivity contribution in [1.29, 1.82) is 0 Å². The first kappa shape index (κ1) is 8.99. The predicted molar refractivity (Wildman–Crippen MR) is 46.7 cm³/mol. The Morgan fingerprint density at radius 3 is 2.45 bits per heavy atom. The van der Waals surface area contributed by atoms with Gasteiger partial charge in [0.05, 0.1) is 7.14 Å². The van der Waals surface area contributed by atoms with E-state index < -0.39 is 7.14 Å². The average Bonchev–Trinajstić information content (AvgIpc) is 1.86. The second-order valence-corrected chi connectivity index (χ2v) is 7.32. The molecule has 1 rings (SSSR count). The topological polar surface area (TPSA) is 34.1 Å². The summed E-state index contributed by atoms with van der Waals surface area (Å²) in [5.41, 5.74) is 0.184. The van der Waals surface area contributed by atoms with Gasteiger partial charge in [0.2, 0.25) is 0 Å². The number of hydrogen-bond acceptors (Lipinski definition) is 2. The first-order valence-electron chi connectivity index (χ1n) is 4.06. The molecule has 3 heteroatoms. The SMILES string of the molecule is CP(C)(=O)C1CCCC(=O)C1. The van der Waals surface area contributed by atoms with Crippen LogP contribution >= 0.6 is 7.14 Å². The number of rotatable bonds is 1. The van der Waals surface area contributed by atoms with Crippen LogP contribution in [-0.2, 0) is 9.36 Å². The smallest absolute Gasteiger partial charge is 0.133 e. The molecule has 1 atom stereocenters. The molecule has 0 aliphatic heterocycles. The molecule has 0 aromatic rings. The van der Waals surface area contributed by atoms with Gasteiger partial charge in [0.25, 0.3) is 0 Å². The number of hydrogen-bond donors (Lipinski definition) is 0. The zero-order chi connectivity index (χ0) is 8.48. The highest BCUT2D eigenvalue weighted by atomic mass is 31.2. The molecule has 64 valence electrons. The Morgan fingerprint density at radius 2 is 2.09 bits per heavy atom. The molecule has 0 heterocycles. The molecular weight excluding hydrogens is 159 g/mol. The molecule has 0 spiro atoms. The van der Waals surface area contributed by atoms with Crippen molar-refractivity contribution in [3.8, 4) is 0 Å². The van der Waals surface area contributed by atoms with Crippen LogP contribution in [0.5, 0.6) is 0 Å². The lowest BCUT2D eigenvalue weighted by atomic mass is 9.99. The Balaban J connectivity index is 2.60. The van der Waals surface area contributed by atoms with Gasteiger partial charge in [0.15, 0.2) is 0 Å². The van der Waals surface area contributed by atoms with Crippen molar-refractivity contribution >= 4 is 12.9 Å². The molecular formula is C8H15O2P. The summed E-state index contributed by atoms with van der Waals surface area (Å²) in [7, 11) is -2.00. The van der Waals surface area contributed by atoms with E-state index >= 15 is 0 Å². The Hall–Kier alpha value is -0.100. The van der Waals surface area contributed by atoms with Crippen molar-refractivity contribution in [2.24, 2.45) is 0 Å². The fourth-order valence-corrected chi connectivity index (χ4v) is 2.98. The zero-order valence-electron chi connectivity index (χ0n) is 7.17. The van der Waals surface area contributed by atoms with Gasteiger partial charge in [-0.1, -0.05) is 0 Å². The van der Waals surface area contributed by atoms with E-state index in [1.807, 2.05) is 0 Å². The Kier molecular flexibility index (Phi) is 2.54. The van der Waals surface area contributed by atoms with E-state index in [1.165, 1.54) is 0 Å². The van der Waals surface area contributed by atoms with E-state index in [-0.39, 0.29) is 5.66 Å². The Bertz CT molecular complexity index is 204. The number of carbonyl (C=O) groups excluding carboxylic acids is 1. The van der Waals surface area contributed by atoms with Crippen LogP contribution in [0.1, 0.15) is 25.7 Å². The van der Waals surface area contributed by atoms with Gasteiger partial charge in [-0.15, -0.1) is 0 Å². The molecule has 0 saturated heterocycles. The fraction of sp³-hybridized carbons (Fsp3) is 0.875. The molecule has 0 bridgehead atoms.